The van der Waals surface area contributed by atoms with Crippen LogP contribution in [0.5, 0.6) is 0 Å². The molecule has 0 bridgehead atoms. The van der Waals surface area contributed by atoms with E-state index in [4.69, 9.17) is 0 Å². The molecular weight excluding hydrogens is 268 g/mol. The molecule has 0 spiro atoms. The molecule has 114 valence electrons. The van der Waals surface area contributed by atoms with E-state index in [1.165, 1.54) is 0 Å². The first-order valence-corrected chi connectivity index (χ1v) is 7.51. The van der Waals surface area contributed by atoms with Gasteiger partial charge in [0.2, 0.25) is 11.8 Å². The predicted octanol–water partition coefficient (Wildman–Crippen LogP) is 0.707. The van der Waals surface area contributed by atoms with Crippen molar-refractivity contribution in [3.05, 3.63) is 18.2 Å². The molecule has 1 aromatic heterocycles. The highest BCUT2D eigenvalue weighted by Crippen LogP contribution is 2.36. The summed E-state index contributed by atoms with van der Waals surface area (Å²) in [5, 5.41) is 2.90. The Morgan fingerprint density at radius 1 is 1.33 bits per heavy atom. The van der Waals surface area contributed by atoms with Crippen molar-refractivity contribution in [3.8, 4) is 0 Å². The summed E-state index contributed by atoms with van der Waals surface area (Å²) in [4.78, 5) is 30.9. The fourth-order valence-corrected chi connectivity index (χ4v) is 2.93. The van der Waals surface area contributed by atoms with Crippen molar-refractivity contribution in [1.29, 1.82) is 0 Å². The van der Waals surface area contributed by atoms with E-state index < -0.39 is 5.54 Å². The van der Waals surface area contributed by atoms with E-state index in [-0.39, 0.29) is 17.9 Å². The van der Waals surface area contributed by atoms with Gasteiger partial charge in [0, 0.05) is 25.5 Å². The van der Waals surface area contributed by atoms with Crippen LogP contribution >= 0.6 is 0 Å². The zero-order valence-electron chi connectivity index (χ0n) is 12.8. The number of aryl methyl sites for hydroxylation is 1. The van der Waals surface area contributed by atoms with Crippen LogP contribution in [0.25, 0.3) is 0 Å². The van der Waals surface area contributed by atoms with Gasteiger partial charge in [-0.1, -0.05) is 0 Å². The number of imidazole rings is 1. The number of hydrogen-bond acceptors (Lipinski definition) is 3. The summed E-state index contributed by atoms with van der Waals surface area (Å²) in [5.74, 6) is 1.25. The minimum Gasteiger partial charge on any atom is -0.342 e. The van der Waals surface area contributed by atoms with Crippen molar-refractivity contribution in [2.45, 2.75) is 51.7 Å². The normalized spacial score (nSPS) is 25.1. The maximum atomic E-state index is 12.7. The summed E-state index contributed by atoms with van der Waals surface area (Å²) in [5.41, 5.74) is -0.795. The van der Waals surface area contributed by atoms with Gasteiger partial charge in [0.15, 0.2) is 0 Å². The lowest BCUT2D eigenvalue weighted by atomic mass is 9.94. The van der Waals surface area contributed by atoms with Crippen molar-refractivity contribution in [2.24, 2.45) is 5.92 Å². The van der Waals surface area contributed by atoms with E-state index in [1.807, 2.05) is 31.5 Å². The van der Waals surface area contributed by atoms with Gasteiger partial charge in [-0.25, -0.2) is 4.98 Å². The third-order valence-electron chi connectivity index (χ3n) is 4.63. The van der Waals surface area contributed by atoms with E-state index >= 15 is 0 Å². The maximum absolute atomic E-state index is 12.7. The Kier molecular flexibility index (Phi) is 3.26. The van der Waals surface area contributed by atoms with E-state index in [2.05, 4.69) is 10.3 Å². The van der Waals surface area contributed by atoms with Gasteiger partial charge in [0.05, 0.1) is 0 Å². The SMILES string of the molecule is Cc1nccn1CCN1C(=O)C(C2CC2)NC(=O)C1(C)C. The van der Waals surface area contributed by atoms with Crippen LogP contribution < -0.4 is 5.32 Å². The van der Waals surface area contributed by atoms with Crippen LogP contribution in [0.4, 0.5) is 0 Å². The fourth-order valence-electron chi connectivity index (χ4n) is 2.93. The monoisotopic (exact) mass is 290 g/mol. The predicted molar refractivity (Wildman–Crippen MR) is 77.4 cm³/mol. The number of carbonyl (C=O) groups is 2. The third-order valence-corrected chi connectivity index (χ3v) is 4.63. The van der Waals surface area contributed by atoms with Gasteiger partial charge in [-0.3, -0.25) is 9.59 Å². The third kappa shape index (κ3) is 2.43. The lowest BCUT2D eigenvalue weighted by molar-refractivity contribution is -0.156. The van der Waals surface area contributed by atoms with Gasteiger partial charge >= 0.3 is 0 Å². The van der Waals surface area contributed by atoms with Gasteiger partial charge in [0.25, 0.3) is 0 Å². The zero-order valence-corrected chi connectivity index (χ0v) is 12.8. The Morgan fingerprint density at radius 3 is 2.62 bits per heavy atom. The van der Waals surface area contributed by atoms with Crippen molar-refractivity contribution in [1.82, 2.24) is 19.8 Å². The lowest BCUT2D eigenvalue weighted by Gasteiger charge is -2.44. The van der Waals surface area contributed by atoms with E-state index in [1.54, 1.807) is 11.1 Å². The standard InChI is InChI=1S/C15H22N4O2/c1-10-16-6-7-18(10)8-9-19-13(20)12(11-4-5-11)17-14(21)15(19,2)3/h6-7,11-12H,4-5,8-9H2,1-3H3,(H,17,21). The average molecular weight is 290 g/mol. The molecule has 1 saturated carbocycles. The molecule has 2 fully saturated rings. The molecule has 1 unspecified atom stereocenters. The first-order chi connectivity index (χ1) is 9.91. The molecule has 1 aliphatic carbocycles. The van der Waals surface area contributed by atoms with Gasteiger partial charge in [-0.05, 0) is 39.5 Å². The van der Waals surface area contributed by atoms with E-state index in [0.717, 1.165) is 18.7 Å². The van der Waals surface area contributed by atoms with Crippen LogP contribution in [0.1, 0.15) is 32.5 Å². The average Bonchev–Trinajstić information content (AvgIpc) is 3.18. The fraction of sp³-hybridized carbons (Fsp3) is 0.667. The van der Waals surface area contributed by atoms with Crippen molar-refractivity contribution in [3.63, 3.8) is 0 Å². The summed E-state index contributed by atoms with van der Waals surface area (Å²) in [6.45, 7) is 6.74. The smallest absolute Gasteiger partial charge is 0.246 e. The number of nitrogens with zero attached hydrogens (tertiary/aromatic N) is 3. The maximum Gasteiger partial charge on any atom is 0.246 e. The number of piperazine rings is 1. The molecule has 1 saturated heterocycles. The molecular formula is C15H22N4O2. The molecule has 1 N–H and O–H groups in total. The molecule has 21 heavy (non-hydrogen) atoms. The summed E-state index contributed by atoms with van der Waals surface area (Å²) in [6, 6.07) is -0.325. The van der Waals surface area contributed by atoms with Crippen LogP contribution in [0.15, 0.2) is 12.4 Å². The molecule has 2 amide bonds. The Labute approximate surface area is 124 Å². The Balaban J connectivity index is 1.77. The van der Waals surface area contributed by atoms with Gasteiger partial charge in [0.1, 0.15) is 17.4 Å². The lowest BCUT2D eigenvalue weighted by Crippen LogP contribution is -2.69. The molecule has 6 nitrogen and oxygen atoms in total. The van der Waals surface area contributed by atoms with Crippen molar-refractivity contribution < 1.29 is 9.59 Å². The van der Waals surface area contributed by atoms with E-state index in [9.17, 15) is 9.59 Å². The molecule has 3 rings (SSSR count). The Hall–Kier alpha value is -1.85. The molecule has 6 heteroatoms. The first-order valence-electron chi connectivity index (χ1n) is 7.51. The zero-order chi connectivity index (χ0) is 15.2. The first kappa shape index (κ1) is 14.1. The number of hydrogen-bond donors (Lipinski definition) is 1. The summed E-state index contributed by atoms with van der Waals surface area (Å²) >= 11 is 0. The number of aromatic nitrogens is 2. The van der Waals surface area contributed by atoms with Crippen LogP contribution in [-0.4, -0.2) is 44.4 Å². The summed E-state index contributed by atoms with van der Waals surface area (Å²) in [6.07, 6.45) is 5.71. The largest absolute Gasteiger partial charge is 0.342 e. The second-order valence-corrected chi connectivity index (χ2v) is 6.51. The van der Waals surface area contributed by atoms with Crippen molar-refractivity contribution >= 4 is 11.8 Å². The molecule has 1 aliphatic heterocycles. The summed E-state index contributed by atoms with van der Waals surface area (Å²) < 4.78 is 2.00. The molecule has 0 aromatic carbocycles. The summed E-state index contributed by atoms with van der Waals surface area (Å²) in [7, 11) is 0. The van der Waals surface area contributed by atoms with E-state index in [0.29, 0.717) is 19.0 Å². The van der Waals surface area contributed by atoms with Crippen LogP contribution in [0.3, 0.4) is 0 Å². The second kappa shape index (κ2) is 4.86. The Bertz CT molecular complexity index is 574. The molecule has 1 aromatic rings. The molecule has 1 atom stereocenters. The number of amides is 2. The van der Waals surface area contributed by atoms with Gasteiger partial charge < -0.3 is 14.8 Å². The minimum absolute atomic E-state index is 0.0543. The highest BCUT2D eigenvalue weighted by Gasteiger charge is 2.50. The number of rotatable bonds is 4. The molecule has 2 aliphatic rings. The minimum atomic E-state index is -0.795. The highest BCUT2D eigenvalue weighted by molar-refractivity contribution is 5.99. The molecule has 0 radical (unpaired) electrons. The van der Waals surface area contributed by atoms with Crippen LogP contribution in [0, 0.1) is 12.8 Å². The second-order valence-electron chi connectivity index (χ2n) is 6.51. The van der Waals surface area contributed by atoms with Gasteiger partial charge in [-0.2, -0.15) is 0 Å². The van der Waals surface area contributed by atoms with Crippen molar-refractivity contribution in [2.75, 3.05) is 6.54 Å². The Morgan fingerprint density at radius 2 is 2.05 bits per heavy atom. The number of nitrogens with one attached hydrogen (secondary N) is 1. The topological polar surface area (TPSA) is 67.2 Å². The van der Waals surface area contributed by atoms with Gasteiger partial charge in [-0.15, -0.1) is 0 Å². The van der Waals surface area contributed by atoms with Crippen LogP contribution in [0.2, 0.25) is 0 Å². The highest BCUT2D eigenvalue weighted by atomic mass is 16.2. The molecule has 2 heterocycles. The number of carbonyl (C=O) groups excluding carboxylic acids is 2. The quantitative estimate of drug-likeness (QED) is 0.888. The van der Waals surface area contributed by atoms with Crippen LogP contribution in [-0.2, 0) is 16.1 Å².